The van der Waals surface area contributed by atoms with E-state index >= 15 is 0 Å². The highest BCUT2D eigenvalue weighted by Crippen LogP contribution is 2.16. The van der Waals surface area contributed by atoms with Crippen molar-refractivity contribution in [3.8, 4) is 0 Å². The maximum atomic E-state index is 11.4. The van der Waals surface area contributed by atoms with Gasteiger partial charge in [0.25, 0.3) is 0 Å². The number of halogens is 1. The quantitative estimate of drug-likeness (QED) is 0.693. The summed E-state index contributed by atoms with van der Waals surface area (Å²) in [5.41, 5.74) is 0. The molecule has 0 radical (unpaired) electrons. The minimum atomic E-state index is -0.156. The Bertz CT molecular complexity index is 207. The molecule has 4 nitrogen and oxygen atoms in total. The average molecular weight is 250 g/mol. The van der Waals surface area contributed by atoms with Crippen LogP contribution in [0.1, 0.15) is 25.7 Å². The van der Waals surface area contributed by atoms with Crippen LogP contribution in [0.5, 0.6) is 0 Å². The molecule has 1 amide bonds. The van der Waals surface area contributed by atoms with Crippen molar-refractivity contribution in [2.24, 2.45) is 0 Å². The minimum Gasteiger partial charge on any atom is -0.383 e. The summed E-state index contributed by atoms with van der Waals surface area (Å²) in [6, 6.07) is 0. The van der Waals surface area contributed by atoms with Gasteiger partial charge in [-0.15, -0.1) is 11.6 Å². The van der Waals surface area contributed by atoms with E-state index in [4.69, 9.17) is 21.1 Å². The van der Waals surface area contributed by atoms with Gasteiger partial charge in [-0.05, 0) is 19.3 Å². The van der Waals surface area contributed by atoms with E-state index in [1.165, 1.54) is 0 Å². The lowest BCUT2D eigenvalue weighted by Crippen LogP contribution is -2.32. The molecule has 1 saturated heterocycles. The van der Waals surface area contributed by atoms with Gasteiger partial charge in [-0.2, -0.15) is 0 Å². The second kappa shape index (κ2) is 7.87. The summed E-state index contributed by atoms with van der Waals surface area (Å²) < 4.78 is 10.3. The van der Waals surface area contributed by atoms with Gasteiger partial charge in [0.05, 0.1) is 18.1 Å². The molecule has 0 aromatic heterocycles. The molecule has 5 heteroatoms. The molecule has 1 heterocycles. The summed E-state index contributed by atoms with van der Waals surface area (Å²) >= 11 is 5.89. The Kier molecular flexibility index (Phi) is 6.76. The van der Waals surface area contributed by atoms with Crippen LogP contribution >= 0.6 is 11.6 Å². The van der Waals surface area contributed by atoms with Crippen molar-refractivity contribution >= 4 is 17.5 Å². The lowest BCUT2D eigenvalue weighted by atomic mass is 10.1. The molecule has 1 fully saturated rings. The van der Waals surface area contributed by atoms with Crippen molar-refractivity contribution in [2.45, 2.75) is 37.2 Å². The van der Waals surface area contributed by atoms with E-state index in [0.717, 1.165) is 25.9 Å². The first kappa shape index (κ1) is 13.7. The number of ether oxygens (including phenoxy) is 2. The SMILES string of the molecule is COCC(Cl)CNC(=O)CCC1CCCO1. The van der Waals surface area contributed by atoms with Crippen LogP contribution in [0.25, 0.3) is 0 Å². The van der Waals surface area contributed by atoms with Crippen LogP contribution in [-0.2, 0) is 14.3 Å². The predicted octanol–water partition coefficient (Wildman–Crippen LogP) is 1.32. The molecule has 2 atom stereocenters. The largest absolute Gasteiger partial charge is 0.383 e. The van der Waals surface area contributed by atoms with E-state index in [0.29, 0.717) is 19.6 Å². The molecule has 0 saturated carbocycles. The lowest BCUT2D eigenvalue weighted by molar-refractivity contribution is -0.121. The predicted molar refractivity (Wildman–Crippen MR) is 62.7 cm³/mol. The molecule has 94 valence electrons. The fourth-order valence-electron chi connectivity index (χ4n) is 1.72. The van der Waals surface area contributed by atoms with E-state index < -0.39 is 0 Å². The second-order valence-corrected chi connectivity index (χ2v) is 4.65. The van der Waals surface area contributed by atoms with Crippen molar-refractivity contribution in [2.75, 3.05) is 26.9 Å². The zero-order valence-corrected chi connectivity index (χ0v) is 10.5. The second-order valence-electron chi connectivity index (χ2n) is 4.03. The Morgan fingerprint density at radius 3 is 3.12 bits per heavy atom. The van der Waals surface area contributed by atoms with Crippen molar-refractivity contribution < 1.29 is 14.3 Å². The van der Waals surface area contributed by atoms with E-state index in [2.05, 4.69) is 5.32 Å². The summed E-state index contributed by atoms with van der Waals surface area (Å²) in [6.07, 6.45) is 3.79. The van der Waals surface area contributed by atoms with Crippen molar-refractivity contribution in [3.05, 3.63) is 0 Å². The standard InChI is InChI=1S/C11H20ClNO3/c1-15-8-9(12)7-13-11(14)5-4-10-3-2-6-16-10/h9-10H,2-8H2,1H3,(H,13,14). The zero-order chi connectivity index (χ0) is 11.8. The molecule has 1 aliphatic rings. The Morgan fingerprint density at radius 2 is 2.50 bits per heavy atom. The summed E-state index contributed by atoms with van der Waals surface area (Å²) in [7, 11) is 1.59. The maximum Gasteiger partial charge on any atom is 0.220 e. The topological polar surface area (TPSA) is 47.6 Å². The number of nitrogens with one attached hydrogen (secondary N) is 1. The van der Waals surface area contributed by atoms with Gasteiger partial charge in [0.1, 0.15) is 0 Å². The fourth-order valence-corrected chi connectivity index (χ4v) is 1.92. The molecule has 0 aromatic carbocycles. The van der Waals surface area contributed by atoms with Gasteiger partial charge in [0.2, 0.25) is 5.91 Å². The number of carbonyl (C=O) groups is 1. The molecule has 0 spiro atoms. The first-order valence-corrected chi connectivity index (χ1v) is 6.17. The summed E-state index contributed by atoms with van der Waals surface area (Å²) in [5, 5.41) is 2.63. The third kappa shape index (κ3) is 5.68. The number of hydrogen-bond acceptors (Lipinski definition) is 3. The summed E-state index contributed by atoms with van der Waals surface area (Å²) in [5.74, 6) is 0.0391. The Morgan fingerprint density at radius 1 is 1.69 bits per heavy atom. The van der Waals surface area contributed by atoms with Crippen molar-refractivity contribution in [3.63, 3.8) is 0 Å². The van der Waals surface area contributed by atoms with Crippen LogP contribution in [-0.4, -0.2) is 44.3 Å². The van der Waals surface area contributed by atoms with Gasteiger partial charge < -0.3 is 14.8 Å². The fraction of sp³-hybridized carbons (Fsp3) is 0.909. The highest BCUT2D eigenvalue weighted by molar-refractivity contribution is 6.21. The van der Waals surface area contributed by atoms with E-state index in [9.17, 15) is 4.79 Å². The molecular formula is C11H20ClNO3. The van der Waals surface area contributed by atoms with Gasteiger partial charge >= 0.3 is 0 Å². The normalized spacial score (nSPS) is 22.0. The van der Waals surface area contributed by atoms with E-state index in [1.807, 2.05) is 0 Å². The monoisotopic (exact) mass is 249 g/mol. The number of rotatable bonds is 7. The maximum absolute atomic E-state index is 11.4. The first-order valence-electron chi connectivity index (χ1n) is 5.73. The lowest BCUT2D eigenvalue weighted by Gasteiger charge is -2.11. The first-order chi connectivity index (χ1) is 7.72. The zero-order valence-electron chi connectivity index (χ0n) is 9.71. The third-order valence-corrected chi connectivity index (χ3v) is 2.87. The van der Waals surface area contributed by atoms with Gasteiger partial charge in [-0.1, -0.05) is 0 Å². The van der Waals surface area contributed by atoms with Crippen molar-refractivity contribution in [1.82, 2.24) is 5.32 Å². The number of methoxy groups -OCH3 is 1. The Balaban J connectivity index is 2.01. The van der Waals surface area contributed by atoms with Crippen LogP contribution in [0.15, 0.2) is 0 Å². The average Bonchev–Trinajstić information content (AvgIpc) is 2.77. The molecule has 16 heavy (non-hydrogen) atoms. The summed E-state index contributed by atoms with van der Waals surface area (Å²) in [6.45, 7) is 1.75. The number of alkyl halides is 1. The summed E-state index contributed by atoms with van der Waals surface area (Å²) in [4.78, 5) is 11.4. The molecule has 0 aromatic rings. The number of amides is 1. The van der Waals surface area contributed by atoms with Crippen molar-refractivity contribution in [1.29, 1.82) is 0 Å². The Labute approximate surface area is 102 Å². The van der Waals surface area contributed by atoms with Gasteiger partial charge in [0.15, 0.2) is 0 Å². The van der Waals surface area contributed by atoms with Crippen LogP contribution in [0.3, 0.4) is 0 Å². The van der Waals surface area contributed by atoms with Crippen LogP contribution in [0, 0.1) is 0 Å². The smallest absolute Gasteiger partial charge is 0.220 e. The van der Waals surface area contributed by atoms with Crippen LogP contribution < -0.4 is 5.32 Å². The molecule has 1 aliphatic heterocycles. The molecule has 1 rings (SSSR count). The highest BCUT2D eigenvalue weighted by atomic mass is 35.5. The third-order valence-electron chi connectivity index (χ3n) is 2.59. The molecule has 2 unspecified atom stereocenters. The number of hydrogen-bond donors (Lipinski definition) is 1. The molecule has 0 bridgehead atoms. The van der Waals surface area contributed by atoms with Gasteiger partial charge in [-0.25, -0.2) is 0 Å². The van der Waals surface area contributed by atoms with Gasteiger partial charge in [-0.3, -0.25) is 4.79 Å². The number of carbonyl (C=O) groups excluding carboxylic acids is 1. The molecule has 1 N–H and O–H groups in total. The molecular weight excluding hydrogens is 230 g/mol. The van der Waals surface area contributed by atoms with Gasteiger partial charge in [0, 0.05) is 26.7 Å². The van der Waals surface area contributed by atoms with Crippen LogP contribution in [0.4, 0.5) is 0 Å². The Hall–Kier alpha value is -0.320. The van der Waals surface area contributed by atoms with Crippen LogP contribution in [0.2, 0.25) is 0 Å². The highest BCUT2D eigenvalue weighted by Gasteiger charge is 2.16. The molecule has 0 aliphatic carbocycles. The minimum absolute atomic E-state index is 0.0391. The van der Waals surface area contributed by atoms with E-state index in [1.54, 1.807) is 7.11 Å². The van der Waals surface area contributed by atoms with E-state index in [-0.39, 0.29) is 17.4 Å².